The quantitative estimate of drug-likeness (QED) is 0.846. The van der Waals surface area contributed by atoms with Crippen LogP contribution in [0.4, 0.5) is 0 Å². The van der Waals surface area contributed by atoms with Crippen molar-refractivity contribution in [2.24, 2.45) is 5.92 Å². The highest BCUT2D eigenvalue weighted by Crippen LogP contribution is 2.38. The van der Waals surface area contributed by atoms with E-state index in [4.69, 9.17) is 4.74 Å². The Labute approximate surface area is 137 Å². The molecule has 0 bridgehead atoms. The van der Waals surface area contributed by atoms with Crippen molar-refractivity contribution < 1.29 is 14.3 Å². The molecular formula is C17H25N3O3. The fourth-order valence-corrected chi connectivity index (χ4v) is 3.02. The van der Waals surface area contributed by atoms with Crippen LogP contribution in [0.1, 0.15) is 18.0 Å². The van der Waals surface area contributed by atoms with Crippen molar-refractivity contribution in [3.05, 3.63) is 29.8 Å². The predicted octanol–water partition coefficient (Wildman–Crippen LogP) is 0.892. The van der Waals surface area contributed by atoms with Crippen molar-refractivity contribution >= 4 is 11.8 Å². The lowest BCUT2D eigenvalue weighted by Gasteiger charge is -2.28. The molecule has 1 N–H and O–H groups in total. The van der Waals surface area contributed by atoms with Crippen LogP contribution in [0.2, 0.25) is 0 Å². The molecular weight excluding hydrogens is 294 g/mol. The molecule has 0 spiro atoms. The summed E-state index contributed by atoms with van der Waals surface area (Å²) in [7, 11) is 7.01. The monoisotopic (exact) mass is 319 g/mol. The molecule has 6 nitrogen and oxygen atoms in total. The van der Waals surface area contributed by atoms with E-state index < -0.39 is 0 Å². The van der Waals surface area contributed by atoms with E-state index in [2.05, 4.69) is 5.32 Å². The second kappa shape index (κ2) is 7.46. The van der Waals surface area contributed by atoms with E-state index in [0.717, 1.165) is 17.9 Å². The van der Waals surface area contributed by atoms with Gasteiger partial charge in [-0.15, -0.1) is 0 Å². The number of nitrogens with zero attached hydrogens (tertiary/aromatic N) is 2. The highest BCUT2D eigenvalue weighted by Gasteiger charge is 2.43. The third-order valence-corrected chi connectivity index (χ3v) is 4.43. The van der Waals surface area contributed by atoms with Gasteiger partial charge in [-0.05, 0) is 24.7 Å². The Morgan fingerprint density at radius 3 is 2.61 bits per heavy atom. The van der Waals surface area contributed by atoms with Crippen LogP contribution in [0.3, 0.4) is 0 Å². The number of likely N-dealkylation sites (N-methyl/N-ethyl adjacent to an activating group) is 2. The lowest BCUT2D eigenvalue weighted by molar-refractivity contribution is -0.135. The minimum absolute atomic E-state index is 0.00573. The van der Waals surface area contributed by atoms with E-state index in [9.17, 15) is 9.59 Å². The Morgan fingerprint density at radius 1 is 1.39 bits per heavy atom. The van der Waals surface area contributed by atoms with Gasteiger partial charge < -0.3 is 19.9 Å². The zero-order valence-corrected chi connectivity index (χ0v) is 14.2. The average molecular weight is 319 g/mol. The number of amides is 2. The van der Waals surface area contributed by atoms with Gasteiger partial charge in [0.25, 0.3) is 0 Å². The van der Waals surface area contributed by atoms with Crippen LogP contribution >= 0.6 is 0 Å². The molecule has 1 aromatic rings. The third kappa shape index (κ3) is 3.64. The number of carbonyl (C=O) groups excluding carboxylic acids is 2. The van der Waals surface area contributed by atoms with Crippen molar-refractivity contribution in [2.75, 3.05) is 41.3 Å². The lowest BCUT2D eigenvalue weighted by atomic mass is 9.92. The first kappa shape index (κ1) is 17.3. The molecule has 1 aromatic carbocycles. The number of methoxy groups -OCH3 is 1. The Morgan fingerprint density at radius 2 is 2.04 bits per heavy atom. The molecule has 126 valence electrons. The minimum atomic E-state index is -0.345. The van der Waals surface area contributed by atoms with Crippen LogP contribution in [0.5, 0.6) is 5.75 Å². The predicted molar refractivity (Wildman–Crippen MR) is 88.2 cm³/mol. The molecule has 1 aliphatic rings. The average Bonchev–Trinajstić information content (AvgIpc) is 2.87. The molecule has 0 radical (unpaired) electrons. The van der Waals surface area contributed by atoms with Crippen LogP contribution in [0.25, 0.3) is 0 Å². The number of likely N-dealkylation sites (tertiary alicyclic amines) is 1. The number of benzene rings is 1. The first-order valence-electron chi connectivity index (χ1n) is 7.78. The van der Waals surface area contributed by atoms with E-state index in [1.165, 1.54) is 0 Å². The topological polar surface area (TPSA) is 61.9 Å². The van der Waals surface area contributed by atoms with E-state index >= 15 is 0 Å². The minimum Gasteiger partial charge on any atom is -0.497 e. The molecule has 1 fully saturated rings. The zero-order valence-electron chi connectivity index (χ0n) is 14.2. The molecule has 0 aromatic heterocycles. The zero-order chi connectivity index (χ0) is 17.0. The van der Waals surface area contributed by atoms with Crippen molar-refractivity contribution in [3.63, 3.8) is 0 Å². The Balaban J connectivity index is 2.22. The van der Waals surface area contributed by atoms with E-state index in [0.29, 0.717) is 6.54 Å². The summed E-state index contributed by atoms with van der Waals surface area (Å²) in [4.78, 5) is 28.3. The summed E-state index contributed by atoms with van der Waals surface area (Å²) in [5, 5.41) is 3.03. The number of ether oxygens (including phenoxy) is 1. The molecule has 2 rings (SSSR count). The van der Waals surface area contributed by atoms with Gasteiger partial charge in [0.15, 0.2) is 0 Å². The molecule has 1 heterocycles. The largest absolute Gasteiger partial charge is 0.497 e. The van der Waals surface area contributed by atoms with Gasteiger partial charge in [0.1, 0.15) is 5.75 Å². The smallest absolute Gasteiger partial charge is 0.228 e. The fraction of sp³-hybridized carbons (Fsp3) is 0.529. The molecule has 6 heteroatoms. The second-order valence-electron chi connectivity index (χ2n) is 5.90. The maximum Gasteiger partial charge on any atom is 0.228 e. The normalized spacial score (nSPS) is 20.7. The fourth-order valence-electron chi connectivity index (χ4n) is 3.02. The summed E-state index contributed by atoms with van der Waals surface area (Å²) in [6, 6.07) is 7.34. The van der Waals surface area contributed by atoms with Crippen molar-refractivity contribution in [2.45, 2.75) is 12.5 Å². The SMILES string of the molecule is CNCCN(C)C(=O)C1CC(=O)N(C)C1c1ccc(OC)cc1. The van der Waals surface area contributed by atoms with Gasteiger partial charge in [-0.25, -0.2) is 0 Å². The first-order valence-corrected chi connectivity index (χ1v) is 7.78. The summed E-state index contributed by atoms with van der Waals surface area (Å²) < 4.78 is 5.17. The van der Waals surface area contributed by atoms with Gasteiger partial charge in [0, 0.05) is 33.6 Å². The van der Waals surface area contributed by atoms with Gasteiger partial charge in [-0.1, -0.05) is 12.1 Å². The van der Waals surface area contributed by atoms with Gasteiger partial charge in [0.2, 0.25) is 11.8 Å². The lowest BCUT2D eigenvalue weighted by Crippen LogP contribution is -2.39. The molecule has 23 heavy (non-hydrogen) atoms. The molecule has 2 atom stereocenters. The summed E-state index contributed by atoms with van der Waals surface area (Å²) in [6.45, 7) is 1.35. The Bertz CT molecular complexity index is 559. The van der Waals surface area contributed by atoms with E-state index in [1.54, 1.807) is 31.0 Å². The number of nitrogens with one attached hydrogen (secondary N) is 1. The maximum atomic E-state index is 12.7. The van der Waals surface area contributed by atoms with Gasteiger partial charge in [-0.3, -0.25) is 9.59 Å². The molecule has 2 amide bonds. The van der Waals surface area contributed by atoms with E-state index in [1.807, 2.05) is 31.3 Å². The number of carbonyl (C=O) groups is 2. The van der Waals surface area contributed by atoms with Gasteiger partial charge in [-0.2, -0.15) is 0 Å². The molecule has 0 aliphatic carbocycles. The number of rotatable bonds is 6. The van der Waals surface area contributed by atoms with Crippen LogP contribution in [0.15, 0.2) is 24.3 Å². The first-order chi connectivity index (χ1) is 11.0. The van der Waals surface area contributed by atoms with Crippen LogP contribution < -0.4 is 10.1 Å². The summed E-state index contributed by atoms with van der Waals surface area (Å²) in [5.41, 5.74) is 0.958. The summed E-state index contributed by atoms with van der Waals surface area (Å²) >= 11 is 0. The van der Waals surface area contributed by atoms with Crippen molar-refractivity contribution in [1.82, 2.24) is 15.1 Å². The second-order valence-corrected chi connectivity index (χ2v) is 5.90. The standard InChI is InChI=1S/C17H25N3O3/c1-18-9-10-19(2)17(22)14-11-15(21)20(3)16(14)12-5-7-13(23-4)8-6-12/h5-8,14,16,18H,9-11H2,1-4H3. The highest BCUT2D eigenvalue weighted by molar-refractivity contribution is 5.90. The molecule has 0 saturated carbocycles. The summed E-state index contributed by atoms with van der Waals surface area (Å²) in [5.74, 6) is 0.433. The van der Waals surface area contributed by atoms with Crippen LogP contribution in [-0.2, 0) is 9.59 Å². The molecule has 1 saturated heterocycles. The van der Waals surface area contributed by atoms with E-state index in [-0.39, 0.29) is 30.2 Å². The summed E-state index contributed by atoms with van der Waals surface area (Å²) in [6.07, 6.45) is 0.260. The maximum absolute atomic E-state index is 12.7. The van der Waals surface area contributed by atoms with Crippen molar-refractivity contribution in [3.8, 4) is 5.75 Å². The van der Waals surface area contributed by atoms with Gasteiger partial charge in [0.05, 0.1) is 19.1 Å². The Hall–Kier alpha value is -2.08. The molecule has 1 aliphatic heterocycles. The third-order valence-electron chi connectivity index (χ3n) is 4.43. The highest BCUT2D eigenvalue weighted by atomic mass is 16.5. The van der Waals surface area contributed by atoms with Crippen molar-refractivity contribution in [1.29, 1.82) is 0 Å². The van der Waals surface area contributed by atoms with Gasteiger partial charge >= 0.3 is 0 Å². The van der Waals surface area contributed by atoms with Crippen LogP contribution in [-0.4, -0.2) is 63.0 Å². The molecule has 2 unspecified atom stereocenters. The van der Waals surface area contributed by atoms with Crippen LogP contribution in [0, 0.1) is 5.92 Å². The number of hydrogen-bond donors (Lipinski definition) is 1. The Kier molecular flexibility index (Phi) is 5.60. The number of hydrogen-bond acceptors (Lipinski definition) is 4.